The number of aliphatic hydroxyl groups is 1. The van der Waals surface area contributed by atoms with Gasteiger partial charge in [0.1, 0.15) is 5.75 Å². The van der Waals surface area contributed by atoms with Crippen LogP contribution in [-0.4, -0.2) is 42.7 Å². The number of hydrogen-bond acceptors (Lipinski definition) is 3. The summed E-state index contributed by atoms with van der Waals surface area (Å²) in [7, 11) is 1.68. The fourth-order valence-electron chi connectivity index (χ4n) is 3.14. The molecular weight excluding hydrogens is 326 g/mol. The van der Waals surface area contributed by atoms with E-state index in [1.165, 1.54) is 0 Å². The van der Waals surface area contributed by atoms with Crippen LogP contribution in [-0.2, 0) is 0 Å². The Hall–Kier alpha value is -2.33. The molecule has 0 atom stereocenters. The Balaban J connectivity index is 2.30. The normalized spacial score (nSPS) is 10.7. The van der Waals surface area contributed by atoms with Crippen LogP contribution in [0.1, 0.15) is 41.3 Å². The highest BCUT2D eigenvalue weighted by atomic mass is 16.5. The van der Waals surface area contributed by atoms with Gasteiger partial charge in [-0.15, -0.1) is 0 Å². The molecule has 0 aliphatic carbocycles. The molecule has 4 heteroatoms. The Morgan fingerprint density at radius 1 is 1.12 bits per heavy atom. The molecule has 26 heavy (non-hydrogen) atoms. The number of rotatable bonds is 8. The average Bonchev–Trinajstić information content (AvgIpc) is 2.66. The van der Waals surface area contributed by atoms with Gasteiger partial charge in [-0.05, 0) is 80.1 Å². The number of carbonyl (C=O) groups is 1. The van der Waals surface area contributed by atoms with Crippen LogP contribution in [0.25, 0.3) is 11.1 Å². The predicted octanol–water partition coefficient (Wildman–Crippen LogP) is 4.21. The fraction of sp³-hybridized carbons (Fsp3) is 0.409. The standard InChI is InChI=1S/C22H29NO3/c1-5-23(11-6-7-12-24)22(25)19-10-8-9-18(15-19)20-13-17(3)21(26-4)14-16(20)2/h8-10,13-15,24H,5-7,11-12H2,1-4H3. The topological polar surface area (TPSA) is 49.8 Å². The second-order valence-corrected chi connectivity index (χ2v) is 6.53. The smallest absolute Gasteiger partial charge is 0.253 e. The van der Waals surface area contributed by atoms with Gasteiger partial charge in [0, 0.05) is 25.3 Å². The molecule has 2 aromatic rings. The highest BCUT2D eigenvalue weighted by Gasteiger charge is 2.15. The van der Waals surface area contributed by atoms with E-state index in [0.717, 1.165) is 34.4 Å². The molecule has 140 valence electrons. The van der Waals surface area contributed by atoms with Gasteiger partial charge in [-0.2, -0.15) is 0 Å². The molecule has 0 aromatic heterocycles. The zero-order chi connectivity index (χ0) is 19.1. The molecule has 0 aliphatic heterocycles. The van der Waals surface area contributed by atoms with Crippen LogP contribution < -0.4 is 4.74 Å². The van der Waals surface area contributed by atoms with E-state index in [1.54, 1.807) is 7.11 Å². The van der Waals surface area contributed by atoms with Crippen LogP contribution in [0, 0.1) is 13.8 Å². The molecule has 2 rings (SSSR count). The van der Waals surface area contributed by atoms with Crippen LogP contribution in [0.4, 0.5) is 0 Å². The third-order valence-corrected chi connectivity index (χ3v) is 4.67. The predicted molar refractivity (Wildman–Crippen MR) is 106 cm³/mol. The summed E-state index contributed by atoms with van der Waals surface area (Å²) in [4.78, 5) is 14.7. The number of carbonyl (C=O) groups excluding carboxylic acids is 1. The molecule has 0 saturated carbocycles. The second kappa shape index (κ2) is 9.39. The molecule has 4 nitrogen and oxygen atoms in total. The van der Waals surface area contributed by atoms with E-state index in [0.29, 0.717) is 25.1 Å². The van der Waals surface area contributed by atoms with Gasteiger partial charge in [0.2, 0.25) is 0 Å². The van der Waals surface area contributed by atoms with E-state index in [-0.39, 0.29) is 12.5 Å². The van der Waals surface area contributed by atoms with Crippen LogP contribution in [0.15, 0.2) is 36.4 Å². The minimum Gasteiger partial charge on any atom is -0.496 e. The lowest BCUT2D eigenvalue weighted by Gasteiger charge is -2.21. The van der Waals surface area contributed by atoms with Crippen molar-refractivity contribution in [1.82, 2.24) is 4.90 Å². The monoisotopic (exact) mass is 355 g/mol. The van der Waals surface area contributed by atoms with Crippen molar-refractivity contribution in [2.75, 3.05) is 26.8 Å². The average molecular weight is 355 g/mol. The van der Waals surface area contributed by atoms with Crippen LogP contribution in [0.2, 0.25) is 0 Å². The first kappa shape index (κ1) is 20.0. The molecule has 1 amide bonds. The lowest BCUT2D eigenvalue weighted by Crippen LogP contribution is -2.31. The highest BCUT2D eigenvalue weighted by Crippen LogP contribution is 2.30. The van der Waals surface area contributed by atoms with Crippen molar-refractivity contribution < 1.29 is 14.6 Å². The largest absolute Gasteiger partial charge is 0.496 e. The van der Waals surface area contributed by atoms with Gasteiger partial charge in [0.05, 0.1) is 7.11 Å². The van der Waals surface area contributed by atoms with Crippen molar-refractivity contribution >= 4 is 5.91 Å². The summed E-state index contributed by atoms with van der Waals surface area (Å²) >= 11 is 0. The molecule has 0 spiro atoms. The number of hydrogen-bond donors (Lipinski definition) is 1. The van der Waals surface area contributed by atoms with E-state index >= 15 is 0 Å². The molecule has 0 fully saturated rings. The van der Waals surface area contributed by atoms with Gasteiger partial charge in [-0.3, -0.25) is 4.79 Å². The summed E-state index contributed by atoms with van der Waals surface area (Å²) in [6.07, 6.45) is 1.53. The van der Waals surface area contributed by atoms with Crippen molar-refractivity contribution in [1.29, 1.82) is 0 Å². The third kappa shape index (κ3) is 4.64. The van der Waals surface area contributed by atoms with Crippen LogP contribution in [0.5, 0.6) is 5.75 Å². The lowest BCUT2D eigenvalue weighted by molar-refractivity contribution is 0.0759. The minimum absolute atomic E-state index is 0.0372. The van der Waals surface area contributed by atoms with E-state index < -0.39 is 0 Å². The number of aliphatic hydroxyl groups excluding tert-OH is 1. The molecular formula is C22H29NO3. The molecule has 0 radical (unpaired) electrons. The van der Waals surface area contributed by atoms with Gasteiger partial charge in [-0.25, -0.2) is 0 Å². The zero-order valence-corrected chi connectivity index (χ0v) is 16.2. The Morgan fingerprint density at radius 2 is 1.88 bits per heavy atom. The maximum atomic E-state index is 12.8. The van der Waals surface area contributed by atoms with Crippen LogP contribution in [0.3, 0.4) is 0 Å². The first-order valence-electron chi connectivity index (χ1n) is 9.17. The van der Waals surface area contributed by atoms with E-state index in [9.17, 15) is 4.79 Å². The summed E-state index contributed by atoms with van der Waals surface area (Å²) in [5.41, 5.74) is 5.03. The first-order chi connectivity index (χ1) is 12.5. The van der Waals surface area contributed by atoms with Crippen molar-refractivity contribution in [2.24, 2.45) is 0 Å². The van der Waals surface area contributed by atoms with Crippen molar-refractivity contribution in [3.05, 3.63) is 53.1 Å². The summed E-state index contributed by atoms with van der Waals surface area (Å²) in [5, 5.41) is 8.94. The number of amides is 1. The Bertz CT molecular complexity index is 755. The van der Waals surface area contributed by atoms with Crippen molar-refractivity contribution in [2.45, 2.75) is 33.6 Å². The number of methoxy groups -OCH3 is 1. The molecule has 0 bridgehead atoms. The molecule has 0 heterocycles. The fourth-order valence-corrected chi connectivity index (χ4v) is 3.14. The maximum Gasteiger partial charge on any atom is 0.253 e. The minimum atomic E-state index is 0.0372. The summed E-state index contributed by atoms with van der Waals surface area (Å²) in [6, 6.07) is 11.9. The van der Waals surface area contributed by atoms with Gasteiger partial charge >= 0.3 is 0 Å². The van der Waals surface area contributed by atoms with E-state index in [1.807, 2.05) is 49.1 Å². The number of ether oxygens (including phenoxy) is 1. The summed E-state index contributed by atoms with van der Waals surface area (Å²) < 4.78 is 5.39. The van der Waals surface area contributed by atoms with Gasteiger partial charge < -0.3 is 14.7 Å². The summed E-state index contributed by atoms with van der Waals surface area (Å²) in [6.45, 7) is 7.56. The quantitative estimate of drug-likeness (QED) is 0.722. The Kier molecular flexibility index (Phi) is 7.22. The zero-order valence-electron chi connectivity index (χ0n) is 16.2. The maximum absolute atomic E-state index is 12.8. The summed E-state index contributed by atoms with van der Waals surface area (Å²) in [5.74, 6) is 0.912. The third-order valence-electron chi connectivity index (χ3n) is 4.67. The van der Waals surface area contributed by atoms with Crippen molar-refractivity contribution in [3.8, 4) is 16.9 Å². The van der Waals surface area contributed by atoms with E-state index in [2.05, 4.69) is 13.0 Å². The molecule has 0 unspecified atom stereocenters. The van der Waals surface area contributed by atoms with Crippen LogP contribution >= 0.6 is 0 Å². The number of aryl methyl sites for hydroxylation is 2. The van der Waals surface area contributed by atoms with Crippen molar-refractivity contribution in [3.63, 3.8) is 0 Å². The molecule has 0 saturated heterocycles. The second-order valence-electron chi connectivity index (χ2n) is 6.53. The highest BCUT2D eigenvalue weighted by molar-refractivity contribution is 5.95. The first-order valence-corrected chi connectivity index (χ1v) is 9.17. The number of benzene rings is 2. The molecule has 0 aliphatic rings. The Morgan fingerprint density at radius 3 is 2.54 bits per heavy atom. The van der Waals surface area contributed by atoms with Gasteiger partial charge in [-0.1, -0.05) is 12.1 Å². The SMILES string of the molecule is CCN(CCCCO)C(=O)c1cccc(-c2cc(C)c(OC)cc2C)c1. The van der Waals surface area contributed by atoms with E-state index in [4.69, 9.17) is 9.84 Å². The molecule has 1 N–H and O–H groups in total. The Labute approximate surface area is 156 Å². The van der Waals surface area contributed by atoms with Gasteiger partial charge in [0.25, 0.3) is 5.91 Å². The number of unbranched alkanes of at least 4 members (excludes halogenated alkanes) is 1. The van der Waals surface area contributed by atoms with Gasteiger partial charge in [0.15, 0.2) is 0 Å². The molecule has 2 aromatic carbocycles. The lowest BCUT2D eigenvalue weighted by atomic mass is 9.96. The number of nitrogens with zero attached hydrogens (tertiary/aromatic N) is 1.